The lowest BCUT2D eigenvalue weighted by molar-refractivity contribution is -0.134. The van der Waals surface area contributed by atoms with Crippen LogP contribution in [0, 0.1) is 5.92 Å². The fourth-order valence-corrected chi connectivity index (χ4v) is 3.63. The van der Waals surface area contributed by atoms with Crippen molar-refractivity contribution in [3.63, 3.8) is 0 Å². The van der Waals surface area contributed by atoms with Gasteiger partial charge in [-0.05, 0) is 44.0 Å². The molecule has 9 heteroatoms. The summed E-state index contributed by atoms with van der Waals surface area (Å²) in [5, 5.41) is 11.5. The van der Waals surface area contributed by atoms with E-state index in [4.69, 9.17) is 4.74 Å². The largest absolute Gasteiger partial charge is 0.365 e. The molecule has 2 aliphatic rings. The van der Waals surface area contributed by atoms with Gasteiger partial charge in [0.15, 0.2) is 5.82 Å². The van der Waals surface area contributed by atoms with Crippen molar-refractivity contribution in [3.05, 3.63) is 40.9 Å². The predicted molar refractivity (Wildman–Crippen MR) is 97.5 cm³/mol. The van der Waals surface area contributed by atoms with E-state index >= 15 is 0 Å². The Morgan fingerprint density at radius 1 is 1.19 bits per heavy atom. The quantitative estimate of drug-likeness (QED) is 0.771. The van der Waals surface area contributed by atoms with Crippen molar-refractivity contribution in [1.82, 2.24) is 29.8 Å². The first-order valence-electron chi connectivity index (χ1n) is 9.36. The van der Waals surface area contributed by atoms with Gasteiger partial charge in [-0.2, -0.15) is 5.10 Å². The molecule has 0 radical (unpaired) electrons. The van der Waals surface area contributed by atoms with Gasteiger partial charge in [0.1, 0.15) is 6.61 Å². The second-order valence-corrected chi connectivity index (χ2v) is 7.14. The fraction of sp³-hybridized carbons (Fsp3) is 0.556. The standard InChI is InChI=1S/C18H24N6O3/c25-17-13-27-15(10-19-17)12-22-8-4-14(5-9-22)11-24-18(26)3-2-16(21-24)23-7-1-6-20-23/h1-3,6-7,14-15H,4-5,8-13H2,(H,19,25). The summed E-state index contributed by atoms with van der Waals surface area (Å²) in [6.45, 7) is 4.12. The van der Waals surface area contributed by atoms with Crippen molar-refractivity contribution in [2.75, 3.05) is 32.8 Å². The lowest BCUT2D eigenvalue weighted by atomic mass is 9.96. The van der Waals surface area contributed by atoms with Crippen LogP contribution < -0.4 is 10.9 Å². The molecule has 27 heavy (non-hydrogen) atoms. The van der Waals surface area contributed by atoms with Crippen LogP contribution in [0.25, 0.3) is 5.82 Å². The van der Waals surface area contributed by atoms with Crippen molar-refractivity contribution in [2.24, 2.45) is 5.92 Å². The summed E-state index contributed by atoms with van der Waals surface area (Å²) in [6, 6.07) is 5.07. The number of piperidine rings is 1. The number of morpholine rings is 1. The molecule has 0 bridgehead atoms. The molecular weight excluding hydrogens is 348 g/mol. The van der Waals surface area contributed by atoms with Crippen LogP contribution in [0.4, 0.5) is 0 Å². The van der Waals surface area contributed by atoms with Gasteiger partial charge in [-0.3, -0.25) is 9.59 Å². The van der Waals surface area contributed by atoms with Gasteiger partial charge in [0.25, 0.3) is 5.56 Å². The third-order valence-electron chi connectivity index (χ3n) is 5.17. The maximum atomic E-state index is 12.2. The molecule has 0 aliphatic carbocycles. The van der Waals surface area contributed by atoms with Gasteiger partial charge >= 0.3 is 0 Å². The predicted octanol–water partition coefficient (Wildman–Crippen LogP) is -0.344. The molecule has 2 aromatic rings. The maximum Gasteiger partial charge on any atom is 0.266 e. The molecule has 2 fully saturated rings. The third-order valence-corrected chi connectivity index (χ3v) is 5.17. The number of nitrogens with zero attached hydrogens (tertiary/aromatic N) is 5. The molecule has 1 N–H and O–H groups in total. The summed E-state index contributed by atoms with van der Waals surface area (Å²) >= 11 is 0. The highest BCUT2D eigenvalue weighted by Gasteiger charge is 2.25. The summed E-state index contributed by atoms with van der Waals surface area (Å²) in [5.74, 6) is 1.03. The van der Waals surface area contributed by atoms with E-state index in [-0.39, 0.29) is 24.2 Å². The highest BCUT2D eigenvalue weighted by molar-refractivity contribution is 5.77. The number of hydrogen-bond acceptors (Lipinski definition) is 6. The highest BCUT2D eigenvalue weighted by atomic mass is 16.5. The number of carbonyl (C=O) groups is 1. The SMILES string of the molecule is O=C1COC(CN2CCC(Cn3nc(-n4cccn4)ccc3=O)CC2)CN1. The Hall–Kier alpha value is -2.52. The fourth-order valence-electron chi connectivity index (χ4n) is 3.63. The molecule has 1 unspecified atom stereocenters. The number of rotatable bonds is 5. The normalized spacial score (nSPS) is 21.9. The van der Waals surface area contributed by atoms with E-state index in [2.05, 4.69) is 20.4 Å². The minimum atomic E-state index is -0.0836. The molecule has 9 nitrogen and oxygen atoms in total. The van der Waals surface area contributed by atoms with Crippen LogP contribution >= 0.6 is 0 Å². The zero-order valence-electron chi connectivity index (χ0n) is 15.2. The van der Waals surface area contributed by atoms with Crippen LogP contribution in [0.5, 0.6) is 0 Å². The average Bonchev–Trinajstić information content (AvgIpc) is 3.22. The second-order valence-electron chi connectivity index (χ2n) is 7.14. The Balaban J connectivity index is 1.31. The maximum absolute atomic E-state index is 12.2. The summed E-state index contributed by atoms with van der Waals surface area (Å²) in [5.41, 5.74) is -0.0836. The number of aromatic nitrogens is 4. The first-order chi connectivity index (χ1) is 13.2. The average molecular weight is 372 g/mol. The van der Waals surface area contributed by atoms with Crippen molar-refractivity contribution in [3.8, 4) is 5.82 Å². The molecule has 0 saturated carbocycles. The van der Waals surface area contributed by atoms with Crippen LogP contribution in [-0.4, -0.2) is 69.3 Å². The molecule has 1 amide bonds. The Morgan fingerprint density at radius 2 is 2.04 bits per heavy atom. The van der Waals surface area contributed by atoms with Gasteiger partial charge < -0.3 is 15.0 Å². The first-order valence-corrected chi connectivity index (χ1v) is 9.36. The Morgan fingerprint density at radius 3 is 2.74 bits per heavy atom. The van der Waals surface area contributed by atoms with E-state index < -0.39 is 0 Å². The molecule has 2 aliphatic heterocycles. The third kappa shape index (κ3) is 4.42. The van der Waals surface area contributed by atoms with E-state index in [0.717, 1.165) is 32.5 Å². The smallest absolute Gasteiger partial charge is 0.266 e. The molecule has 4 rings (SSSR count). The van der Waals surface area contributed by atoms with Crippen LogP contribution in [-0.2, 0) is 16.1 Å². The Labute approximate surface area is 156 Å². The number of likely N-dealkylation sites (tertiary alicyclic amines) is 1. The summed E-state index contributed by atoms with van der Waals surface area (Å²) in [7, 11) is 0. The highest BCUT2D eigenvalue weighted by Crippen LogP contribution is 2.19. The Kier molecular flexibility index (Phi) is 5.30. The van der Waals surface area contributed by atoms with Gasteiger partial charge in [-0.25, -0.2) is 9.36 Å². The van der Waals surface area contributed by atoms with Gasteiger partial charge in [0.05, 0.1) is 6.10 Å². The molecule has 0 spiro atoms. The van der Waals surface area contributed by atoms with Crippen molar-refractivity contribution in [2.45, 2.75) is 25.5 Å². The van der Waals surface area contributed by atoms with Gasteiger partial charge in [-0.1, -0.05) is 0 Å². The van der Waals surface area contributed by atoms with Crippen molar-refractivity contribution in [1.29, 1.82) is 0 Å². The second kappa shape index (κ2) is 8.01. The van der Waals surface area contributed by atoms with Gasteiger partial charge in [-0.15, -0.1) is 5.10 Å². The zero-order chi connectivity index (χ0) is 18.6. The monoisotopic (exact) mass is 372 g/mol. The van der Waals surface area contributed by atoms with Crippen LogP contribution in [0.2, 0.25) is 0 Å². The molecule has 144 valence electrons. The minimum Gasteiger partial charge on any atom is -0.365 e. The zero-order valence-corrected chi connectivity index (χ0v) is 15.2. The van der Waals surface area contributed by atoms with Crippen molar-refractivity contribution < 1.29 is 9.53 Å². The topological polar surface area (TPSA) is 94.3 Å². The van der Waals surface area contributed by atoms with Crippen LogP contribution in [0.15, 0.2) is 35.4 Å². The lowest BCUT2D eigenvalue weighted by Gasteiger charge is -2.35. The number of amides is 1. The Bertz CT molecular complexity index is 816. The number of carbonyl (C=O) groups excluding carboxylic acids is 1. The minimum absolute atomic E-state index is 0.0414. The first kappa shape index (κ1) is 17.9. The van der Waals surface area contributed by atoms with Gasteiger partial charge in [0, 0.05) is 38.1 Å². The summed E-state index contributed by atoms with van der Waals surface area (Å²) in [4.78, 5) is 25.7. The number of hydrogen-bond donors (Lipinski definition) is 1. The number of nitrogens with one attached hydrogen (secondary N) is 1. The molecule has 2 saturated heterocycles. The van der Waals surface area contributed by atoms with Crippen LogP contribution in [0.1, 0.15) is 12.8 Å². The number of ether oxygens (including phenoxy) is 1. The van der Waals surface area contributed by atoms with E-state index in [1.165, 1.54) is 0 Å². The van der Waals surface area contributed by atoms with Crippen molar-refractivity contribution >= 4 is 5.91 Å². The molecule has 2 aromatic heterocycles. The van der Waals surface area contributed by atoms with E-state index in [1.807, 2.05) is 12.3 Å². The molecule has 0 aromatic carbocycles. The van der Waals surface area contributed by atoms with E-state index in [9.17, 15) is 9.59 Å². The van der Waals surface area contributed by atoms with E-state index in [1.54, 1.807) is 27.7 Å². The lowest BCUT2D eigenvalue weighted by Crippen LogP contribution is -2.49. The van der Waals surface area contributed by atoms with Gasteiger partial charge in [0.2, 0.25) is 5.91 Å². The molecule has 4 heterocycles. The van der Waals surface area contributed by atoms with E-state index in [0.29, 0.717) is 24.8 Å². The summed E-state index contributed by atoms with van der Waals surface area (Å²) < 4.78 is 8.77. The van der Waals surface area contributed by atoms with Crippen LogP contribution in [0.3, 0.4) is 0 Å². The molecular formula is C18H24N6O3. The summed E-state index contributed by atoms with van der Waals surface area (Å²) in [6.07, 6.45) is 5.59. The molecule has 1 atom stereocenters.